The van der Waals surface area contributed by atoms with Crippen LogP contribution in [0.4, 0.5) is 0 Å². The van der Waals surface area contributed by atoms with Gasteiger partial charge in [-0.2, -0.15) is 5.10 Å². The Balaban J connectivity index is 0.00000200. The highest BCUT2D eigenvalue weighted by atomic mass is 35.5. The molecule has 2 heterocycles. The van der Waals surface area contributed by atoms with Gasteiger partial charge in [-0.15, -0.1) is 12.4 Å². The van der Waals surface area contributed by atoms with E-state index in [0.29, 0.717) is 5.92 Å². The molecule has 0 bridgehead atoms. The summed E-state index contributed by atoms with van der Waals surface area (Å²) in [7, 11) is 3.81. The molecule has 0 unspecified atom stereocenters. The molecule has 0 saturated carbocycles. The summed E-state index contributed by atoms with van der Waals surface area (Å²) in [5, 5.41) is 7.55. The Bertz CT molecular complexity index is 446. The second-order valence-corrected chi connectivity index (χ2v) is 5.93. The lowest BCUT2D eigenvalue weighted by Crippen LogP contribution is -2.38. The second kappa shape index (κ2) is 7.09. The average Bonchev–Trinajstić information content (AvgIpc) is 2.94. The molecule has 1 N–H and O–H groups in total. The van der Waals surface area contributed by atoms with Gasteiger partial charge in [0.25, 0.3) is 0 Å². The van der Waals surface area contributed by atoms with Crippen LogP contribution in [0.15, 0.2) is 12.4 Å². The van der Waals surface area contributed by atoms with E-state index in [9.17, 15) is 4.79 Å². The molecule has 1 fully saturated rings. The number of aromatic nitrogens is 2. The third-order valence-corrected chi connectivity index (χ3v) is 3.70. The quantitative estimate of drug-likeness (QED) is 0.911. The smallest absolute Gasteiger partial charge is 0.227 e. The number of carbonyl (C=O) groups excluding carboxylic acids is 1. The Morgan fingerprint density at radius 3 is 2.80 bits per heavy atom. The van der Waals surface area contributed by atoms with Crippen LogP contribution in [0.2, 0.25) is 0 Å². The summed E-state index contributed by atoms with van der Waals surface area (Å²) >= 11 is 0. The van der Waals surface area contributed by atoms with Crippen molar-refractivity contribution >= 4 is 18.3 Å². The van der Waals surface area contributed by atoms with Crippen molar-refractivity contribution in [1.82, 2.24) is 20.0 Å². The molecule has 5 nitrogen and oxygen atoms in total. The Hall–Kier alpha value is -1.07. The van der Waals surface area contributed by atoms with E-state index in [0.717, 1.165) is 25.2 Å². The topological polar surface area (TPSA) is 50.2 Å². The second-order valence-electron chi connectivity index (χ2n) is 5.93. The average molecular weight is 301 g/mol. The van der Waals surface area contributed by atoms with Crippen LogP contribution in [-0.2, 0) is 11.8 Å². The fourth-order valence-corrected chi connectivity index (χ4v) is 2.84. The normalized spacial score (nSPS) is 21.9. The van der Waals surface area contributed by atoms with E-state index in [4.69, 9.17) is 0 Å². The van der Waals surface area contributed by atoms with Gasteiger partial charge in [0.15, 0.2) is 0 Å². The van der Waals surface area contributed by atoms with Gasteiger partial charge in [0.1, 0.15) is 0 Å². The fraction of sp³-hybridized carbons (Fsp3) is 0.714. The van der Waals surface area contributed by atoms with E-state index in [1.165, 1.54) is 0 Å². The van der Waals surface area contributed by atoms with Gasteiger partial charge in [0, 0.05) is 45.8 Å². The van der Waals surface area contributed by atoms with Gasteiger partial charge in [-0.3, -0.25) is 9.48 Å². The predicted molar refractivity (Wildman–Crippen MR) is 82.0 cm³/mol. The third kappa shape index (κ3) is 3.73. The van der Waals surface area contributed by atoms with E-state index in [-0.39, 0.29) is 30.2 Å². The molecule has 114 valence electrons. The van der Waals surface area contributed by atoms with Crippen LogP contribution in [0.25, 0.3) is 0 Å². The van der Waals surface area contributed by atoms with Gasteiger partial charge >= 0.3 is 0 Å². The zero-order valence-electron chi connectivity index (χ0n) is 12.7. The van der Waals surface area contributed by atoms with E-state index in [1.54, 1.807) is 4.68 Å². The predicted octanol–water partition coefficient (Wildman–Crippen LogP) is 1.26. The first-order valence-corrected chi connectivity index (χ1v) is 6.93. The fourth-order valence-electron chi connectivity index (χ4n) is 2.84. The molecule has 2 atom stereocenters. The largest absolute Gasteiger partial charge is 0.345 e. The molecule has 1 aliphatic rings. The van der Waals surface area contributed by atoms with Crippen molar-refractivity contribution in [2.75, 3.05) is 26.7 Å². The van der Waals surface area contributed by atoms with Crippen LogP contribution < -0.4 is 5.32 Å². The van der Waals surface area contributed by atoms with E-state index in [2.05, 4.69) is 24.3 Å². The summed E-state index contributed by atoms with van der Waals surface area (Å²) in [5.41, 5.74) is 1.16. The first-order valence-electron chi connectivity index (χ1n) is 6.93. The van der Waals surface area contributed by atoms with Crippen molar-refractivity contribution in [2.24, 2.45) is 18.9 Å². The van der Waals surface area contributed by atoms with Crippen LogP contribution >= 0.6 is 12.4 Å². The molecule has 0 radical (unpaired) electrons. The summed E-state index contributed by atoms with van der Waals surface area (Å²) in [6.45, 7) is 6.71. The Kier molecular flexibility index (Phi) is 6.02. The number of aryl methyl sites for hydroxylation is 1. The highest BCUT2D eigenvalue weighted by molar-refractivity contribution is 5.85. The molecule has 20 heavy (non-hydrogen) atoms. The summed E-state index contributed by atoms with van der Waals surface area (Å²) in [6.07, 6.45) is 3.89. The van der Waals surface area contributed by atoms with Crippen LogP contribution in [0.3, 0.4) is 0 Å². The Morgan fingerprint density at radius 1 is 1.55 bits per heavy atom. The number of halogens is 1. The number of amides is 1. The number of nitrogens with one attached hydrogen (secondary N) is 1. The minimum Gasteiger partial charge on any atom is -0.345 e. The molecular formula is C14H25ClN4O. The highest BCUT2D eigenvalue weighted by Gasteiger charge is 2.36. The van der Waals surface area contributed by atoms with Gasteiger partial charge in [0.2, 0.25) is 5.91 Å². The summed E-state index contributed by atoms with van der Waals surface area (Å²) in [4.78, 5) is 14.4. The number of hydrogen-bond donors (Lipinski definition) is 1. The van der Waals surface area contributed by atoms with Gasteiger partial charge in [-0.25, -0.2) is 0 Å². The first kappa shape index (κ1) is 17.0. The van der Waals surface area contributed by atoms with E-state index >= 15 is 0 Å². The monoisotopic (exact) mass is 300 g/mol. The maximum absolute atomic E-state index is 12.5. The molecule has 0 aromatic carbocycles. The van der Waals surface area contributed by atoms with Crippen LogP contribution in [0.5, 0.6) is 0 Å². The van der Waals surface area contributed by atoms with Crippen molar-refractivity contribution in [2.45, 2.75) is 19.8 Å². The van der Waals surface area contributed by atoms with E-state index < -0.39 is 0 Å². The lowest BCUT2D eigenvalue weighted by molar-refractivity contribution is -0.134. The highest BCUT2D eigenvalue weighted by Crippen LogP contribution is 2.29. The van der Waals surface area contributed by atoms with Crippen molar-refractivity contribution < 1.29 is 4.79 Å². The van der Waals surface area contributed by atoms with Crippen LogP contribution in [0.1, 0.15) is 25.3 Å². The summed E-state index contributed by atoms with van der Waals surface area (Å²) < 4.78 is 1.80. The minimum atomic E-state index is 0. The molecule has 0 spiro atoms. The number of carbonyl (C=O) groups is 1. The summed E-state index contributed by atoms with van der Waals surface area (Å²) in [6, 6.07) is 0. The third-order valence-electron chi connectivity index (χ3n) is 3.70. The molecule has 1 aromatic rings. The maximum Gasteiger partial charge on any atom is 0.227 e. The zero-order valence-corrected chi connectivity index (χ0v) is 13.5. The molecule has 2 rings (SSSR count). The Labute approximate surface area is 127 Å². The lowest BCUT2D eigenvalue weighted by Gasteiger charge is -2.25. The SMILES string of the molecule is CC(C)CN(C)C(=O)[C@H]1CNC[C@@H]1c1cnn(C)c1.Cl. The molecule has 1 amide bonds. The van der Waals surface area contributed by atoms with Gasteiger partial charge < -0.3 is 10.2 Å². The van der Waals surface area contributed by atoms with Gasteiger partial charge in [-0.05, 0) is 11.5 Å². The van der Waals surface area contributed by atoms with E-state index in [1.807, 2.05) is 31.4 Å². The first-order chi connectivity index (χ1) is 8.99. The lowest BCUT2D eigenvalue weighted by atomic mass is 9.90. The van der Waals surface area contributed by atoms with Crippen molar-refractivity contribution in [3.8, 4) is 0 Å². The van der Waals surface area contributed by atoms with Crippen molar-refractivity contribution in [1.29, 1.82) is 0 Å². The molecule has 1 aromatic heterocycles. The minimum absolute atomic E-state index is 0. The zero-order chi connectivity index (χ0) is 14.0. The molecule has 6 heteroatoms. The number of rotatable bonds is 4. The Morgan fingerprint density at radius 2 is 2.25 bits per heavy atom. The number of hydrogen-bond acceptors (Lipinski definition) is 3. The van der Waals surface area contributed by atoms with Crippen molar-refractivity contribution in [3.05, 3.63) is 18.0 Å². The molecular weight excluding hydrogens is 276 g/mol. The van der Waals surface area contributed by atoms with Gasteiger partial charge in [-0.1, -0.05) is 13.8 Å². The van der Waals surface area contributed by atoms with Gasteiger partial charge in [0.05, 0.1) is 12.1 Å². The molecule has 0 aliphatic carbocycles. The molecule has 1 saturated heterocycles. The maximum atomic E-state index is 12.5. The standard InChI is InChI=1S/C14H24N4O.ClH/c1-10(2)8-17(3)14(19)13-7-15-6-12(13)11-5-16-18(4)9-11;/h5,9-10,12-13,15H,6-8H2,1-4H3;1H/t12-,13+;/m1./s1. The van der Waals surface area contributed by atoms with Crippen LogP contribution in [-0.4, -0.2) is 47.3 Å². The van der Waals surface area contributed by atoms with Crippen LogP contribution in [0, 0.1) is 11.8 Å². The summed E-state index contributed by atoms with van der Waals surface area (Å²) in [5.74, 6) is 1.02. The molecule has 1 aliphatic heterocycles. The number of nitrogens with zero attached hydrogens (tertiary/aromatic N) is 3. The van der Waals surface area contributed by atoms with Crippen molar-refractivity contribution in [3.63, 3.8) is 0 Å².